The van der Waals surface area contributed by atoms with Gasteiger partial charge in [0.2, 0.25) is 0 Å². The van der Waals surface area contributed by atoms with Gasteiger partial charge in [-0.05, 0) is 35.5 Å². The van der Waals surface area contributed by atoms with E-state index in [0.717, 1.165) is 0 Å². The molecule has 0 spiro atoms. The normalized spacial score (nSPS) is 40.2. The Balaban J connectivity index is 2.47. The molecule has 2 aliphatic rings. The molecule has 0 heterocycles. The average Bonchev–Trinajstić information content (AvgIpc) is 2.04. The van der Waals surface area contributed by atoms with Gasteiger partial charge in [0.25, 0.3) is 0 Å². The molecule has 1 unspecified atom stereocenters. The van der Waals surface area contributed by atoms with Gasteiger partial charge in [-0.25, -0.2) is 0 Å². The summed E-state index contributed by atoms with van der Waals surface area (Å²) in [5.74, 6) is 0. The maximum atomic E-state index is 2.51. The van der Waals surface area contributed by atoms with Gasteiger partial charge < -0.3 is 0 Å². The van der Waals surface area contributed by atoms with E-state index in [4.69, 9.17) is 0 Å². The smallest absolute Gasteiger partial charge is 0.00514 e. The molecule has 0 radical (unpaired) electrons. The zero-order chi connectivity index (χ0) is 9.91. The molecule has 2 rings (SSSR count). The van der Waals surface area contributed by atoms with Gasteiger partial charge in [0.15, 0.2) is 0 Å². The van der Waals surface area contributed by atoms with Crippen molar-refractivity contribution in [2.75, 3.05) is 0 Å². The van der Waals surface area contributed by atoms with E-state index < -0.39 is 0 Å². The Kier molecular flexibility index (Phi) is 1.58. The van der Waals surface area contributed by atoms with E-state index in [-0.39, 0.29) is 0 Å². The second kappa shape index (κ2) is 2.21. The highest BCUT2D eigenvalue weighted by atomic mass is 14.7. The standard InChI is InChI=1S/C13H22/c1-11(2)10-8-6-7-9-13(10,5)12(11,3)4/h8H,6-7,9H2,1-5H3. The van der Waals surface area contributed by atoms with Crippen LogP contribution in [0.2, 0.25) is 0 Å². The highest BCUT2D eigenvalue weighted by molar-refractivity contribution is 5.39. The van der Waals surface area contributed by atoms with Crippen molar-refractivity contribution in [3.05, 3.63) is 11.6 Å². The molecule has 74 valence electrons. The Bertz CT molecular complexity index is 268. The van der Waals surface area contributed by atoms with E-state index in [1.165, 1.54) is 19.3 Å². The number of hydrogen-bond acceptors (Lipinski definition) is 0. The minimum Gasteiger partial charge on any atom is -0.0842 e. The zero-order valence-electron chi connectivity index (χ0n) is 9.70. The molecular formula is C13H22. The molecule has 1 saturated carbocycles. The van der Waals surface area contributed by atoms with E-state index in [9.17, 15) is 0 Å². The molecule has 0 aromatic carbocycles. The molecule has 0 bridgehead atoms. The summed E-state index contributed by atoms with van der Waals surface area (Å²) in [6.45, 7) is 12.2. The van der Waals surface area contributed by atoms with Crippen molar-refractivity contribution in [1.29, 1.82) is 0 Å². The zero-order valence-corrected chi connectivity index (χ0v) is 9.70. The van der Waals surface area contributed by atoms with Crippen LogP contribution in [0.3, 0.4) is 0 Å². The molecule has 2 aliphatic carbocycles. The fourth-order valence-corrected chi connectivity index (χ4v) is 3.62. The predicted molar refractivity (Wildman–Crippen MR) is 57.6 cm³/mol. The van der Waals surface area contributed by atoms with Crippen molar-refractivity contribution in [3.63, 3.8) is 0 Å². The lowest BCUT2D eigenvalue weighted by Gasteiger charge is -2.69. The summed E-state index contributed by atoms with van der Waals surface area (Å²) >= 11 is 0. The van der Waals surface area contributed by atoms with Gasteiger partial charge in [-0.15, -0.1) is 0 Å². The molecule has 0 N–H and O–H groups in total. The maximum absolute atomic E-state index is 2.51. The molecule has 0 saturated heterocycles. The average molecular weight is 178 g/mol. The molecule has 0 heteroatoms. The van der Waals surface area contributed by atoms with E-state index in [1.54, 1.807) is 5.57 Å². The lowest BCUT2D eigenvalue weighted by Crippen LogP contribution is -2.61. The predicted octanol–water partition coefficient (Wildman–Crippen LogP) is 4.17. The van der Waals surface area contributed by atoms with E-state index in [2.05, 4.69) is 40.7 Å². The van der Waals surface area contributed by atoms with Crippen LogP contribution in [0.1, 0.15) is 53.9 Å². The van der Waals surface area contributed by atoms with Crippen molar-refractivity contribution < 1.29 is 0 Å². The minimum atomic E-state index is 0.433. The van der Waals surface area contributed by atoms with Crippen molar-refractivity contribution in [3.8, 4) is 0 Å². The van der Waals surface area contributed by atoms with Gasteiger partial charge in [0.1, 0.15) is 0 Å². The van der Waals surface area contributed by atoms with Crippen LogP contribution in [0.4, 0.5) is 0 Å². The lowest BCUT2D eigenvalue weighted by molar-refractivity contribution is -0.0987. The first kappa shape index (κ1) is 9.30. The topological polar surface area (TPSA) is 0 Å². The SMILES string of the molecule is CC1(C)C2=CCCCC2(C)C1(C)C. The van der Waals surface area contributed by atoms with Crippen molar-refractivity contribution in [1.82, 2.24) is 0 Å². The second-order valence-electron chi connectivity index (χ2n) is 6.09. The van der Waals surface area contributed by atoms with Crippen molar-refractivity contribution in [2.45, 2.75) is 53.9 Å². The fraction of sp³-hybridized carbons (Fsp3) is 0.846. The minimum absolute atomic E-state index is 0.433. The van der Waals surface area contributed by atoms with Gasteiger partial charge in [-0.1, -0.05) is 46.3 Å². The van der Waals surface area contributed by atoms with E-state index in [1.807, 2.05) is 0 Å². The number of hydrogen-bond donors (Lipinski definition) is 0. The monoisotopic (exact) mass is 178 g/mol. The quantitative estimate of drug-likeness (QED) is 0.488. The Hall–Kier alpha value is -0.260. The van der Waals surface area contributed by atoms with Crippen molar-refractivity contribution in [2.24, 2.45) is 16.2 Å². The Labute approximate surface area is 82.4 Å². The highest BCUT2D eigenvalue weighted by Gasteiger charge is 2.65. The van der Waals surface area contributed by atoms with Crippen LogP contribution in [0.15, 0.2) is 11.6 Å². The summed E-state index contributed by atoms with van der Waals surface area (Å²) in [4.78, 5) is 0. The molecule has 1 fully saturated rings. The van der Waals surface area contributed by atoms with Crippen molar-refractivity contribution >= 4 is 0 Å². The summed E-state index contributed by atoms with van der Waals surface area (Å²) in [5.41, 5.74) is 3.15. The molecule has 0 amide bonds. The largest absolute Gasteiger partial charge is 0.0842 e. The molecule has 0 nitrogen and oxygen atoms in total. The number of allylic oxidation sites excluding steroid dienone is 2. The van der Waals surface area contributed by atoms with Gasteiger partial charge in [-0.3, -0.25) is 0 Å². The lowest BCUT2D eigenvalue weighted by atomic mass is 9.34. The molecule has 0 aromatic rings. The first-order chi connectivity index (χ1) is 5.84. The van der Waals surface area contributed by atoms with Gasteiger partial charge >= 0.3 is 0 Å². The van der Waals surface area contributed by atoms with Crippen LogP contribution in [0, 0.1) is 16.2 Å². The summed E-state index contributed by atoms with van der Waals surface area (Å²) in [6, 6.07) is 0. The molecule has 13 heavy (non-hydrogen) atoms. The summed E-state index contributed by atoms with van der Waals surface area (Å²) in [7, 11) is 0. The van der Waals surface area contributed by atoms with Crippen LogP contribution < -0.4 is 0 Å². The highest BCUT2D eigenvalue weighted by Crippen LogP contribution is 2.73. The van der Waals surface area contributed by atoms with Gasteiger partial charge in [0, 0.05) is 0 Å². The van der Waals surface area contributed by atoms with Crippen LogP contribution >= 0.6 is 0 Å². The molecule has 1 atom stereocenters. The first-order valence-electron chi connectivity index (χ1n) is 5.55. The van der Waals surface area contributed by atoms with Crippen LogP contribution in [0.25, 0.3) is 0 Å². The van der Waals surface area contributed by atoms with Gasteiger partial charge in [-0.2, -0.15) is 0 Å². The third-order valence-corrected chi connectivity index (χ3v) is 5.44. The molecule has 0 aliphatic heterocycles. The van der Waals surface area contributed by atoms with Crippen LogP contribution in [-0.4, -0.2) is 0 Å². The second-order valence-corrected chi connectivity index (χ2v) is 6.09. The Morgan fingerprint density at radius 2 is 1.69 bits per heavy atom. The third-order valence-electron chi connectivity index (χ3n) is 5.44. The molecular weight excluding hydrogens is 156 g/mol. The number of rotatable bonds is 0. The van der Waals surface area contributed by atoms with Crippen LogP contribution in [0.5, 0.6) is 0 Å². The van der Waals surface area contributed by atoms with Crippen LogP contribution in [-0.2, 0) is 0 Å². The summed E-state index contributed by atoms with van der Waals surface area (Å²) in [6.07, 6.45) is 6.61. The van der Waals surface area contributed by atoms with E-state index in [0.29, 0.717) is 16.2 Å². The fourth-order valence-electron chi connectivity index (χ4n) is 3.62. The summed E-state index contributed by atoms with van der Waals surface area (Å²) < 4.78 is 0. The molecule has 0 aromatic heterocycles. The van der Waals surface area contributed by atoms with Gasteiger partial charge in [0.05, 0.1) is 0 Å². The maximum Gasteiger partial charge on any atom is -0.00514 e. The number of fused-ring (bicyclic) bond motifs is 1. The Morgan fingerprint density at radius 1 is 1.08 bits per heavy atom. The third kappa shape index (κ3) is 0.782. The summed E-state index contributed by atoms with van der Waals surface area (Å²) in [5, 5.41) is 0. The van der Waals surface area contributed by atoms with E-state index >= 15 is 0 Å². The Morgan fingerprint density at radius 3 is 2.23 bits per heavy atom. The first-order valence-corrected chi connectivity index (χ1v) is 5.55.